The molecular formula is C51H29N3O2. The molecule has 0 aliphatic rings. The average Bonchev–Trinajstić information content (AvgIpc) is 3.85. The molecule has 0 atom stereocenters. The Balaban J connectivity index is 1.04. The second-order valence-electron chi connectivity index (χ2n) is 14.3. The monoisotopic (exact) mass is 715 g/mol. The molecule has 0 saturated carbocycles. The van der Waals surface area contributed by atoms with Gasteiger partial charge in [-0.15, -0.1) is 0 Å². The van der Waals surface area contributed by atoms with Crippen molar-refractivity contribution in [2.24, 2.45) is 0 Å². The molecule has 3 heterocycles. The van der Waals surface area contributed by atoms with Crippen LogP contribution in [-0.2, 0) is 0 Å². The zero-order chi connectivity index (χ0) is 36.7. The van der Waals surface area contributed by atoms with Crippen LogP contribution in [0.15, 0.2) is 185 Å². The highest BCUT2D eigenvalue weighted by Crippen LogP contribution is 2.42. The predicted octanol–water partition coefficient (Wildman–Crippen LogP) is 13.8. The summed E-state index contributed by atoms with van der Waals surface area (Å²) < 4.78 is 12.9. The smallest absolute Gasteiger partial charge is 0.164 e. The number of benzene rings is 9. The Labute approximate surface area is 320 Å². The van der Waals surface area contributed by atoms with Gasteiger partial charge < -0.3 is 8.83 Å². The predicted molar refractivity (Wildman–Crippen MR) is 229 cm³/mol. The van der Waals surface area contributed by atoms with E-state index >= 15 is 0 Å². The van der Waals surface area contributed by atoms with Crippen LogP contribution in [0.3, 0.4) is 0 Å². The Morgan fingerprint density at radius 3 is 1.61 bits per heavy atom. The van der Waals surface area contributed by atoms with E-state index in [-0.39, 0.29) is 0 Å². The van der Waals surface area contributed by atoms with Crippen molar-refractivity contribution in [2.45, 2.75) is 0 Å². The number of rotatable bonds is 4. The topological polar surface area (TPSA) is 65.0 Å². The lowest BCUT2D eigenvalue weighted by atomic mass is 9.92. The molecule has 0 aliphatic carbocycles. The van der Waals surface area contributed by atoms with Gasteiger partial charge in [0.15, 0.2) is 17.5 Å². The minimum absolute atomic E-state index is 0.583. The molecule has 12 rings (SSSR count). The van der Waals surface area contributed by atoms with Crippen LogP contribution in [0.25, 0.3) is 121 Å². The van der Waals surface area contributed by atoms with Crippen LogP contribution in [0.1, 0.15) is 0 Å². The molecule has 0 saturated heterocycles. The van der Waals surface area contributed by atoms with Crippen molar-refractivity contribution in [3.8, 4) is 45.3 Å². The third kappa shape index (κ3) is 4.64. The minimum atomic E-state index is 0.583. The van der Waals surface area contributed by atoms with Crippen LogP contribution < -0.4 is 0 Å². The second-order valence-corrected chi connectivity index (χ2v) is 14.3. The van der Waals surface area contributed by atoms with Crippen molar-refractivity contribution < 1.29 is 8.83 Å². The summed E-state index contributed by atoms with van der Waals surface area (Å²) in [5.74, 6) is 1.77. The molecule has 56 heavy (non-hydrogen) atoms. The molecule has 9 aromatic carbocycles. The third-order valence-electron chi connectivity index (χ3n) is 11.1. The maximum atomic E-state index is 6.70. The summed E-state index contributed by atoms with van der Waals surface area (Å²) >= 11 is 0. The van der Waals surface area contributed by atoms with E-state index in [4.69, 9.17) is 23.8 Å². The molecule has 3 aromatic heterocycles. The largest absolute Gasteiger partial charge is 0.456 e. The van der Waals surface area contributed by atoms with Crippen molar-refractivity contribution in [1.29, 1.82) is 0 Å². The highest BCUT2D eigenvalue weighted by atomic mass is 16.3. The van der Waals surface area contributed by atoms with Gasteiger partial charge in [0.25, 0.3) is 0 Å². The highest BCUT2D eigenvalue weighted by molar-refractivity contribution is 6.26. The van der Waals surface area contributed by atoms with Gasteiger partial charge in [-0.25, -0.2) is 15.0 Å². The third-order valence-corrected chi connectivity index (χ3v) is 11.1. The first-order valence-electron chi connectivity index (χ1n) is 18.8. The number of nitrogens with zero attached hydrogens (tertiary/aromatic N) is 3. The molecule has 0 N–H and O–H groups in total. The fourth-order valence-corrected chi connectivity index (χ4v) is 8.54. The zero-order valence-corrected chi connectivity index (χ0v) is 29.9. The van der Waals surface area contributed by atoms with E-state index < -0.39 is 0 Å². The normalized spacial score (nSPS) is 11.9. The Morgan fingerprint density at radius 2 is 0.821 bits per heavy atom. The average molecular weight is 716 g/mol. The van der Waals surface area contributed by atoms with E-state index in [2.05, 4.69) is 103 Å². The number of furan rings is 2. The quantitative estimate of drug-likeness (QED) is 0.170. The van der Waals surface area contributed by atoms with E-state index in [1.54, 1.807) is 0 Å². The summed E-state index contributed by atoms with van der Waals surface area (Å²) in [6.07, 6.45) is 0. The summed E-state index contributed by atoms with van der Waals surface area (Å²) in [4.78, 5) is 15.3. The zero-order valence-electron chi connectivity index (χ0n) is 29.9. The van der Waals surface area contributed by atoms with Crippen LogP contribution in [-0.4, -0.2) is 15.0 Å². The van der Waals surface area contributed by atoms with Crippen LogP contribution in [0.4, 0.5) is 0 Å². The standard InChI is InChI=1S/C51H29N3O2/c1-2-12-30(13-3-1)49-52-50(54-51(53-49)41-21-11-23-46-47(41)40-18-8-9-22-44(40)55-46)32-25-27-45-43(29-32)39-20-10-19-33(48(39)56-45)31-24-26-38-36-16-5-4-14-34(36)35-15-6-7-17-37(35)42(38)28-31/h1-29H. The SMILES string of the molecule is c1ccc(-c2nc(-c3ccc4oc5c(-c6ccc7c8ccccc8c8ccccc8c7c6)cccc5c4c3)nc(-c3cccc4oc5ccccc5c34)n2)cc1. The molecule has 0 unspecified atom stereocenters. The fraction of sp³-hybridized carbons (Fsp3) is 0. The van der Waals surface area contributed by atoms with E-state index in [0.29, 0.717) is 17.5 Å². The number of hydrogen-bond donors (Lipinski definition) is 0. The van der Waals surface area contributed by atoms with Crippen LogP contribution >= 0.6 is 0 Å². The van der Waals surface area contributed by atoms with E-state index in [1.807, 2.05) is 72.8 Å². The van der Waals surface area contributed by atoms with Gasteiger partial charge in [-0.3, -0.25) is 0 Å². The lowest BCUT2D eigenvalue weighted by Gasteiger charge is -2.12. The van der Waals surface area contributed by atoms with Crippen molar-refractivity contribution in [2.75, 3.05) is 0 Å². The van der Waals surface area contributed by atoms with Gasteiger partial charge in [-0.05, 0) is 74.3 Å². The van der Waals surface area contributed by atoms with Gasteiger partial charge in [-0.2, -0.15) is 0 Å². The molecule has 5 heteroatoms. The van der Waals surface area contributed by atoms with Crippen molar-refractivity contribution in [1.82, 2.24) is 15.0 Å². The molecular weight excluding hydrogens is 687 g/mol. The van der Waals surface area contributed by atoms with Gasteiger partial charge in [0, 0.05) is 43.8 Å². The molecule has 0 amide bonds. The lowest BCUT2D eigenvalue weighted by molar-refractivity contribution is 0.669. The Morgan fingerprint density at radius 1 is 0.286 bits per heavy atom. The summed E-state index contributed by atoms with van der Waals surface area (Å²) in [6.45, 7) is 0. The number of para-hydroxylation sites is 2. The van der Waals surface area contributed by atoms with E-state index in [1.165, 1.54) is 32.3 Å². The number of aromatic nitrogens is 3. The van der Waals surface area contributed by atoms with Crippen LogP contribution in [0.5, 0.6) is 0 Å². The Kier molecular flexibility index (Phi) is 6.56. The van der Waals surface area contributed by atoms with E-state index in [9.17, 15) is 0 Å². The van der Waals surface area contributed by atoms with Gasteiger partial charge in [-0.1, -0.05) is 140 Å². The fourth-order valence-electron chi connectivity index (χ4n) is 8.54. The molecule has 260 valence electrons. The highest BCUT2D eigenvalue weighted by Gasteiger charge is 2.20. The maximum absolute atomic E-state index is 6.70. The van der Waals surface area contributed by atoms with Gasteiger partial charge in [0.2, 0.25) is 0 Å². The first-order valence-corrected chi connectivity index (χ1v) is 18.8. The van der Waals surface area contributed by atoms with Gasteiger partial charge >= 0.3 is 0 Å². The minimum Gasteiger partial charge on any atom is -0.456 e. The van der Waals surface area contributed by atoms with E-state index in [0.717, 1.165) is 71.7 Å². The van der Waals surface area contributed by atoms with Gasteiger partial charge in [0.1, 0.15) is 22.3 Å². The first-order chi connectivity index (χ1) is 27.7. The molecule has 5 nitrogen and oxygen atoms in total. The second kappa shape index (κ2) is 11.9. The van der Waals surface area contributed by atoms with Crippen molar-refractivity contribution in [3.63, 3.8) is 0 Å². The maximum Gasteiger partial charge on any atom is 0.164 e. The first kappa shape index (κ1) is 30.8. The molecule has 0 aliphatic heterocycles. The van der Waals surface area contributed by atoms with Crippen molar-refractivity contribution >= 4 is 76.2 Å². The van der Waals surface area contributed by atoms with Crippen LogP contribution in [0, 0.1) is 0 Å². The Bertz CT molecular complexity index is 3510. The number of fused-ring (bicyclic) bond motifs is 12. The summed E-state index contributed by atoms with van der Waals surface area (Å²) in [7, 11) is 0. The number of hydrogen-bond acceptors (Lipinski definition) is 5. The summed E-state index contributed by atoms with van der Waals surface area (Å²) in [5, 5.41) is 11.6. The molecule has 0 spiro atoms. The lowest BCUT2D eigenvalue weighted by Crippen LogP contribution is -2.00. The molecule has 12 aromatic rings. The summed E-state index contributed by atoms with van der Waals surface area (Å²) in [5.41, 5.74) is 8.12. The molecule has 0 radical (unpaired) electrons. The van der Waals surface area contributed by atoms with Crippen molar-refractivity contribution in [3.05, 3.63) is 176 Å². The summed E-state index contributed by atoms with van der Waals surface area (Å²) in [6, 6.07) is 61.0. The molecule has 0 fully saturated rings. The Hall–Kier alpha value is -7.63. The van der Waals surface area contributed by atoms with Crippen LogP contribution in [0.2, 0.25) is 0 Å². The molecule has 0 bridgehead atoms. The van der Waals surface area contributed by atoms with Gasteiger partial charge in [0.05, 0.1) is 0 Å².